The molecule has 1 saturated heterocycles. The fourth-order valence-corrected chi connectivity index (χ4v) is 2.61. The van der Waals surface area contributed by atoms with Gasteiger partial charge in [0.1, 0.15) is 0 Å². The van der Waals surface area contributed by atoms with Crippen LogP contribution in [0.1, 0.15) is 13.3 Å². The maximum absolute atomic E-state index is 9.07. The number of hydrogen-bond donors (Lipinski definition) is 1. The molecule has 0 aliphatic carbocycles. The maximum Gasteiger partial charge on any atom is 0.0619 e. The molecule has 1 aliphatic heterocycles. The van der Waals surface area contributed by atoms with E-state index in [-0.39, 0.29) is 6.61 Å². The third kappa shape index (κ3) is 4.47. The van der Waals surface area contributed by atoms with E-state index < -0.39 is 0 Å². The number of morpholine rings is 1. The van der Waals surface area contributed by atoms with Gasteiger partial charge in [0.2, 0.25) is 0 Å². The summed E-state index contributed by atoms with van der Waals surface area (Å²) in [7, 11) is 0. The largest absolute Gasteiger partial charge is 0.396 e. The summed E-state index contributed by atoms with van der Waals surface area (Å²) in [5, 5.41) is 9.07. The van der Waals surface area contributed by atoms with Crippen molar-refractivity contribution in [3.63, 3.8) is 0 Å². The van der Waals surface area contributed by atoms with Crippen molar-refractivity contribution >= 4 is 5.69 Å². The minimum absolute atomic E-state index is 0.247. The van der Waals surface area contributed by atoms with Crippen molar-refractivity contribution in [1.29, 1.82) is 0 Å². The third-order valence-corrected chi connectivity index (χ3v) is 3.87. The van der Waals surface area contributed by atoms with Crippen LogP contribution in [0.2, 0.25) is 0 Å². The van der Waals surface area contributed by atoms with Crippen LogP contribution in [0.15, 0.2) is 30.3 Å². The summed E-state index contributed by atoms with van der Waals surface area (Å²) in [6.45, 7) is 8.10. The Morgan fingerprint density at radius 1 is 1.30 bits per heavy atom. The number of hydrogen-bond acceptors (Lipinski definition) is 4. The summed E-state index contributed by atoms with van der Waals surface area (Å²) in [6, 6.07) is 11.0. The van der Waals surface area contributed by atoms with Gasteiger partial charge in [0.15, 0.2) is 0 Å². The van der Waals surface area contributed by atoms with Crippen molar-refractivity contribution in [2.45, 2.75) is 19.4 Å². The van der Waals surface area contributed by atoms with Gasteiger partial charge in [0.05, 0.1) is 13.2 Å². The highest BCUT2D eigenvalue weighted by Gasteiger charge is 2.19. The lowest BCUT2D eigenvalue weighted by molar-refractivity contribution is 0.00114. The molecule has 2 rings (SSSR count). The monoisotopic (exact) mass is 278 g/mol. The van der Waals surface area contributed by atoms with Crippen LogP contribution in [-0.2, 0) is 4.74 Å². The number of benzene rings is 1. The molecular formula is C16H26N2O2. The second-order valence-electron chi connectivity index (χ2n) is 5.36. The highest BCUT2D eigenvalue weighted by atomic mass is 16.5. The van der Waals surface area contributed by atoms with Crippen molar-refractivity contribution in [3.05, 3.63) is 30.3 Å². The van der Waals surface area contributed by atoms with E-state index in [0.29, 0.717) is 6.04 Å². The Balaban J connectivity index is 1.90. The van der Waals surface area contributed by atoms with E-state index in [1.165, 1.54) is 5.69 Å². The Morgan fingerprint density at radius 2 is 2.10 bits per heavy atom. The highest BCUT2D eigenvalue weighted by Crippen LogP contribution is 2.14. The van der Waals surface area contributed by atoms with Crippen molar-refractivity contribution in [2.75, 3.05) is 50.9 Å². The van der Waals surface area contributed by atoms with Gasteiger partial charge in [-0.25, -0.2) is 0 Å². The van der Waals surface area contributed by atoms with Crippen molar-refractivity contribution in [2.24, 2.45) is 0 Å². The molecule has 0 aromatic heterocycles. The van der Waals surface area contributed by atoms with Crippen LogP contribution < -0.4 is 4.90 Å². The van der Waals surface area contributed by atoms with Gasteiger partial charge in [-0.1, -0.05) is 18.2 Å². The molecule has 1 aliphatic rings. The molecular weight excluding hydrogens is 252 g/mol. The van der Waals surface area contributed by atoms with Gasteiger partial charge in [-0.2, -0.15) is 0 Å². The van der Waals surface area contributed by atoms with Crippen LogP contribution in [0.25, 0.3) is 0 Å². The zero-order valence-corrected chi connectivity index (χ0v) is 12.4. The Labute approximate surface area is 122 Å². The zero-order valence-electron chi connectivity index (χ0n) is 12.4. The number of ether oxygens (including phenoxy) is 1. The van der Waals surface area contributed by atoms with E-state index in [1.54, 1.807) is 0 Å². The first-order valence-electron chi connectivity index (χ1n) is 7.54. The molecule has 0 saturated carbocycles. The van der Waals surface area contributed by atoms with Gasteiger partial charge in [0, 0.05) is 44.5 Å². The number of para-hydroxylation sites is 1. The van der Waals surface area contributed by atoms with E-state index in [4.69, 9.17) is 9.84 Å². The fraction of sp³-hybridized carbons (Fsp3) is 0.625. The second kappa shape index (κ2) is 8.25. The molecule has 1 fully saturated rings. The lowest BCUT2D eigenvalue weighted by atomic mass is 10.2. The maximum atomic E-state index is 9.07. The Kier molecular flexibility index (Phi) is 6.30. The van der Waals surface area contributed by atoms with Gasteiger partial charge >= 0.3 is 0 Å². The first-order chi connectivity index (χ1) is 9.81. The van der Waals surface area contributed by atoms with E-state index in [0.717, 1.165) is 45.8 Å². The highest BCUT2D eigenvalue weighted by molar-refractivity contribution is 5.45. The predicted molar refractivity (Wildman–Crippen MR) is 82.2 cm³/mol. The average Bonchev–Trinajstić information content (AvgIpc) is 2.50. The number of nitrogens with zero attached hydrogens (tertiary/aromatic N) is 2. The summed E-state index contributed by atoms with van der Waals surface area (Å²) in [4.78, 5) is 4.84. The predicted octanol–water partition coefficient (Wildman–Crippen LogP) is 1.60. The molecule has 1 N–H and O–H groups in total. The first kappa shape index (κ1) is 15.3. The summed E-state index contributed by atoms with van der Waals surface area (Å²) in [5.41, 5.74) is 1.24. The summed E-state index contributed by atoms with van der Waals surface area (Å²) in [6.07, 6.45) is 0.813. The quantitative estimate of drug-likeness (QED) is 0.822. The number of anilines is 1. The summed E-state index contributed by atoms with van der Waals surface area (Å²) < 4.78 is 5.48. The molecule has 0 radical (unpaired) electrons. The van der Waals surface area contributed by atoms with Crippen LogP contribution in [0.3, 0.4) is 0 Å². The number of rotatable bonds is 7. The molecule has 1 heterocycles. The van der Waals surface area contributed by atoms with E-state index >= 15 is 0 Å². The van der Waals surface area contributed by atoms with Gasteiger partial charge in [-0.15, -0.1) is 0 Å². The van der Waals surface area contributed by atoms with Crippen molar-refractivity contribution in [3.8, 4) is 0 Å². The molecule has 0 unspecified atom stereocenters. The van der Waals surface area contributed by atoms with Gasteiger partial charge in [-0.05, 0) is 25.5 Å². The Morgan fingerprint density at radius 3 is 2.80 bits per heavy atom. The van der Waals surface area contributed by atoms with Crippen LogP contribution in [-0.4, -0.2) is 62.0 Å². The molecule has 4 heteroatoms. The summed E-state index contributed by atoms with van der Waals surface area (Å²) in [5.74, 6) is 0. The second-order valence-corrected chi connectivity index (χ2v) is 5.36. The Bertz CT molecular complexity index is 372. The normalized spacial score (nSPS) is 20.0. The van der Waals surface area contributed by atoms with Crippen LogP contribution in [0.5, 0.6) is 0 Å². The minimum Gasteiger partial charge on any atom is -0.396 e. The minimum atomic E-state index is 0.247. The standard InChI is InChI=1S/C16H26N2O2/c1-15-14-20-13-11-17(15)9-10-18(8-5-12-19)16-6-3-2-4-7-16/h2-4,6-7,15,19H,5,8-14H2,1H3/t15-/m0/s1. The first-order valence-corrected chi connectivity index (χ1v) is 7.54. The SMILES string of the molecule is C[C@H]1COCCN1CCN(CCCO)c1ccccc1. The number of aliphatic hydroxyl groups is 1. The van der Waals surface area contributed by atoms with Gasteiger partial charge in [-0.3, -0.25) is 4.90 Å². The third-order valence-electron chi connectivity index (χ3n) is 3.87. The van der Waals surface area contributed by atoms with E-state index in [2.05, 4.69) is 41.0 Å². The van der Waals surface area contributed by atoms with Crippen molar-refractivity contribution < 1.29 is 9.84 Å². The van der Waals surface area contributed by atoms with E-state index in [1.807, 2.05) is 6.07 Å². The van der Waals surface area contributed by atoms with Crippen molar-refractivity contribution in [1.82, 2.24) is 4.90 Å². The van der Waals surface area contributed by atoms with Crippen LogP contribution in [0.4, 0.5) is 5.69 Å². The average molecular weight is 278 g/mol. The lowest BCUT2D eigenvalue weighted by Crippen LogP contribution is -2.47. The number of aliphatic hydroxyl groups excluding tert-OH is 1. The summed E-state index contributed by atoms with van der Waals surface area (Å²) >= 11 is 0. The molecule has 0 spiro atoms. The van der Waals surface area contributed by atoms with Gasteiger partial charge in [0.25, 0.3) is 0 Å². The molecule has 1 aromatic carbocycles. The van der Waals surface area contributed by atoms with E-state index in [9.17, 15) is 0 Å². The fourth-order valence-electron chi connectivity index (χ4n) is 2.61. The smallest absolute Gasteiger partial charge is 0.0619 e. The molecule has 4 nitrogen and oxygen atoms in total. The van der Waals surface area contributed by atoms with Crippen LogP contribution >= 0.6 is 0 Å². The molecule has 112 valence electrons. The lowest BCUT2D eigenvalue weighted by Gasteiger charge is -2.35. The molecule has 0 amide bonds. The topological polar surface area (TPSA) is 35.9 Å². The van der Waals surface area contributed by atoms with Gasteiger partial charge < -0.3 is 14.7 Å². The van der Waals surface area contributed by atoms with Crippen LogP contribution in [0, 0.1) is 0 Å². The Hall–Kier alpha value is -1.10. The molecule has 20 heavy (non-hydrogen) atoms. The molecule has 1 atom stereocenters. The zero-order chi connectivity index (χ0) is 14.2. The molecule has 0 bridgehead atoms. The molecule has 1 aromatic rings.